The molecule has 114 valence electrons. The van der Waals surface area contributed by atoms with Gasteiger partial charge in [0.25, 0.3) is 5.91 Å². The average Bonchev–Trinajstić information content (AvgIpc) is 2.48. The number of carbonyl (C=O) groups excluding carboxylic acids is 2. The van der Waals surface area contributed by atoms with Gasteiger partial charge in [0.05, 0.1) is 5.56 Å². The number of phenols is 1. The monoisotopic (exact) mass is 291 g/mol. The number of hydrogen-bond acceptors (Lipinski definition) is 4. The van der Waals surface area contributed by atoms with Gasteiger partial charge in [-0.1, -0.05) is 19.3 Å². The molecule has 0 saturated heterocycles. The Morgan fingerprint density at radius 3 is 2.43 bits per heavy atom. The van der Waals surface area contributed by atoms with Gasteiger partial charge in [0.15, 0.2) is 6.10 Å². The molecule has 1 aromatic carbocycles. The van der Waals surface area contributed by atoms with E-state index in [9.17, 15) is 14.7 Å². The fraction of sp³-hybridized carbons (Fsp3) is 0.500. The van der Waals surface area contributed by atoms with Gasteiger partial charge < -0.3 is 15.2 Å². The fourth-order valence-corrected chi connectivity index (χ4v) is 2.45. The maximum Gasteiger partial charge on any atom is 0.338 e. The van der Waals surface area contributed by atoms with Crippen LogP contribution in [0, 0.1) is 0 Å². The molecule has 5 nitrogen and oxygen atoms in total. The summed E-state index contributed by atoms with van der Waals surface area (Å²) in [6, 6.07) is 5.93. The molecule has 2 N–H and O–H groups in total. The highest BCUT2D eigenvalue weighted by atomic mass is 16.5. The van der Waals surface area contributed by atoms with Gasteiger partial charge in [0, 0.05) is 6.04 Å². The zero-order chi connectivity index (χ0) is 15.2. The lowest BCUT2D eigenvalue weighted by molar-refractivity contribution is -0.130. The summed E-state index contributed by atoms with van der Waals surface area (Å²) in [6.45, 7) is 1.57. The molecule has 1 atom stereocenters. The van der Waals surface area contributed by atoms with Gasteiger partial charge in [-0.05, 0) is 44.0 Å². The van der Waals surface area contributed by atoms with E-state index >= 15 is 0 Å². The standard InChI is InChI=1S/C16H21NO4/c1-11(15(19)17-13-5-3-2-4-6-13)21-16(20)12-7-9-14(18)10-8-12/h7-11,13,18H,2-6H2,1H3,(H,17,19)/t11-/m0/s1. The van der Waals surface area contributed by atoms with Gasteiger partial charge in [0.1, 0.15) is 5.75 Å². The average molecular weight is 291 g/mol. The first-order valence-electron chi connectivity index (χ1n) is 7.36. The van der Waals surface area contributed by atoms with Crippen LogP contribution in [0.3, 0.4) is 0 Å². The fourth-order valence-electron chi connectivity index (χ4n) is 2.45. The number of benzene rings is 1. The molecule has 5 heteroatoms. The van der Waals surface area contributed by atoms with Crippen molar-refractivity contribution in [2.24, 2.45) is 0 Å². The lowest BCUT2D eigenvalue weighted by Crippen LogP contribution is -2.42. The smallest absolute Gasteiger partial charge is 0.338 e. The predicted molar refractivity (Wildman–Crippen MR) is 78.0 cm³/mol. The minimum Gasteiger partial charge on any atom is -0.508 e. The summed E-state index contributed by atoms with van der Waals surface area (Å²) >= 11 is 0. The van der Waals surface area contributed by atoms with Crippen LogP contribution in [-0.2, 0) is 9.53 Å². The molecule has 0 unspecified atom stereocenters. The van der Waals surface area contributed by atoms with Crippen molar-refractivity contribution in [1.29, 1.82) is 0 Å². The summed E-state index contributed by atoms with van der Waals surface area (Å²) in [4.78, 5) is 23.9. The summed E-state index contributed by atoms with van der Waals surface area (Å²) in [5, 5.41) is 12.1. The highest BCUT2D eigenvalue weighted by Gasteiger charge is 2.22. The zero-order valence-electron chi connectivity index (χ0n) is 12.2. The van der Waals surface area contributed by atoms with Crippen LogP contribution in [0.2, 0.25) is 0 Å². The number of aromatic hydroxyl groups is 1. The Labute approximate surface area is 124 Å². The van der Waals surface area contributed by atoms with E-state index in [2.05, 4.69) is 5.32 Å². The molecule has 1 saturated carbocycles. The molecule has 1 amide bonds. The van der Waals surface area contributed by atoms with E-state index in [1.165, 1.54) is 30.7 Å². The number of amides is 1. The van der Waals surface area contributed by atoms with Crippen molar-refractivity contribution in [2.75, 3.05) is 0 Å². The second kappa shape index (κ2) is 7.11. The van der Waals surface area contributed by atoms with E-state index in [0.29, 0.717) is 5.56 Å². The Morgan fingerprint density at radius 2 is 1.81 bits per heavy atom. The molecule has 0 spiro atoms. The molecule has 1 aromatic rings. The molecule has 1 aliphatic carbocycles. The number of nitrogens with one attached hydrogen (secondary N) is 1. The molecule has 1 aliphatic rings. The quantitative estimate of drug-likeness (QED) is 0.835. The molecular formula is C16H21NO4. The van der Waals surface area contributed by atoms with E-state index in [-0.39, 0.29) is 17.7 Å². The SMILES string of the molecule is C[C@H](OC(=O)c1ccc(O)cc1)C(=O)NC1CCCCC1. The first-order valence-corrected chi connectivity index (χ1v) is 7.36. The van der Waals surface area contributed by atoms with E-state index < -0.39 is 12.1 Å². The minimum atomic E-state index is -0.826. The first kappa shape index (κ1) is 15.4. The van der Waals surface area contributed by atoms with Crippen LogP contribution >= 0.6 is 0 Å². The van der Waals surface area contributed by atoms with Crippen molar-refractivity contribution in [2.45, 2.75) is 51.2 Å². The Balaban J connectivity index is 1.84. The van der Waals surface area contributed by atoms with E-state index in [4.69, 9.17) is 4.74 Å². The molecule has 0 radical (unpaired) electrons. The van der Waals surface area contributed by atoms with E-state index in [1.54, 1.807) is 6.92 Å². The Kier molecular flexibility index (Phi) is 5.20. The maximum absolute atomic E-state index is 12.0. The minimum absolute atomic E-state index is 0.0784. The topological polar surface area (TPSA) is 75.6 Å². The van der Waals surface area contributed by atoms with Gasteiger partial charge in [-0.15, -0.1) is 0 Å². The van der Waals surface area contributed by atoms with Crippen LogP contribution in [0.15, 0.2) is 24.3 Å². The van der Waals surface area contributed by atoms with Gasteiger partial charge >= 0.3 is 5.97 Å². The highest BCUT2D eigenvalue weighted by molar-refractivity contribution is 5.92. The van der Waals surface area contributed by atoms with Crippen molar-refractivity contribution in [1.82, 2.24) is 5.32 Å². The number of phenolic OH excluding ortho intramolecular Hbond substituents is 1. The molecular weight excluding hydrogens is 270 g/mol. The predicted octanol–water partition coefficient (Wildman–Crippen LogP) is 2.39. The number of ether oxygens (including phenoxy) is 1. The highest BCUT2D eigenvalue weighted by Crippen LogP contribution is 2.17. The Morgan fingerprint density at radius 1 is 1.19 bits per heavy atom. The summed E-state index contributed by atoms with van der Waals surface area (Å²) < 4.78 is 5.15. The molecule has 0 heterocycles. The second-order valence-corrected chi connectivity index (χ2v) is 5.44. The van der Waals surface area contributed by atoms with Crippen molar-refractivity contribution in [3.8, 4) is 5.75 Å². The normalized spacial score (nSPS) is 17.0. The lowest BCUT2D eigenvalue weighted by atomic mass is 9.95. The van der Waals surface area contributed by atoms with Crippen molar-refractivity contribution in [3.63, 3.8) is 0 Å². The van der Waals surface area contributed by atoms with Crippen LogP contribution in [0.4, 0.5) is 0 Å². The van der Waals surface area contributed by atoms with Crippen LogP contribution in [-0.4, -0.2) is 29.1 Å². The third-order valence-corrected chi connectivity index (χ3v) is 3.71. The molecule has 0 aliphatic heterocycles. The Bertz CT molecular complexity index is 492. The van der Waals surface area contributed by atoms with Crippen molar-refractivity contribution in [3.05, 3.63) is 29.8 Å². The number of esters is 1. The van der Waals surface area contributed by atoms with Crippen LogP contribution in [0.1, 0.15) is 49.4 Å². The third-order valence-electron chi connectivity index (χ3n) is 3.71. The van der Waals surface area contributed by atoms with Gasteiger partial charge in [0.2, 0.25) is 0 Å². The summed E-state index contributed by atoms with van der Waals surface area (Å²) in [5.41, 5.74) is 0.310. The third kappa shape index (κ3) is 4.48. The second-order valence-electron chi connectivity index (χ2n) is 5.44. The molecule has 1 fully saturated rings. The van der Waals surface area contributed by atoms with Crippen LogP contribution in [0.25, 0.3) is 0 Å². The largest absolute Gasteiger partial charge is 0.508 e. The number of rotatable bonds is 4. The molecule has 2 rings (SSSR count). The molecule has 0 bridgehead atoms. The maximum atomic E-state index is 12.0. The summed E-state index contributed by atoms with van der Waals surface area (Å²) in [5.74, 6) is -0.745. The van der Waals surface area contributed by atoms with Gasteiger partial charge in [-0.2, -0.15) is 0 Å². The summed E-state index contributed by atoms with van der Waals surface area (Å²) in [7, 11) is 0. The van der Waals surface area contributed by atoms with Gasteiger partial charge in [-0.25, -0.2) is 4.79 Å². The molecule has 21 heavy (non-hydrogen) atoms. The lowest BCUT2D eigenvalue weighted by Gasteiger charge is -2.24. The van der Waals surface area contributed by atoms with Crippen molar-refractivity contribution < 1.29 is 19.4 Å². The van der Waals surface area contributed by atoms with Crippen LogP contribution in [0.5, 0.6) is 5.75 Å². The van der Waals surface area contributed by atoms with Gasteiger partial charge in [-0.3, -0.25) is 4.79 Å². The number of hydrogen-bond donors (Lipinski definition) is 2. The summed E-state index contributed by atoms with van der Waals surface area (Å²) in [6.07, 6.45) is 4.64. The van der Waals surface area contributed by atoms with E-state index in [0.717, 1.165) is 25.7 Å². The van der Waals surface area contributed by atoms with E-state index in [1.807, 2.05) is 0 Å². The van der Waals surface area contributed by atoms with Crippen LogP contribution < -0.4 is 5.32 Å². The zero-order valence-corrected chi connectivity index (χ0v) is 12.2. The first-order chi connectivity index (χ1) is 10.1. The van der Waals surface area contributed by atoms with Crippen molar-refractivity contribution >= 4 is 11.9 Å². The number of carbonyl (C=O) groups is 2. The molecule has 0 aromatic heterocycles. The Hall–Kier alpha value is -2.04.